The maximum absolute atomic E-state index is 10.9. The second kappa shape index (κ2) is 4.45. The molecule has 0 unspecified atom stereocenters. The summed E-state index contributed by atoms with van der Waals surface area (Å²) in [4.78, 5) is 15.2. The molecule has 0 radical (unpaired) electrons. The zero-order valence-corrected chi connectivity index (χ0v) is 9.87. The molecule has 1 aliphatic heterocycles. The van der Waals surface area contributed by atoms with Gasteiger partial charge in [0.25, 0.3) is 0 Å². The number of aromatic carboxylic acids is 1. The Morgan fingerprint density at radius 1 is 1.41 bits per heavy atom. The SMILES string of the molecule is Cc1cc(C(=O)O)cc(C)c1NC1=NCCN1. The lowest BCUT2D eigenvalue weighted by Crippen LogP contribution is -2.27. The molecule has 0 saturated heterocycles. The Kier molecular flexibility index (Phi) is 2.99. The van der Waals surface area contributed by atoms with E-state index < -0.39 is 5.97 Å². The minimum absolute atomic E-state index is 0.312. The maximum Gasteiger partial charge on any atom is 0.335 e. The topological polar surface area (TPSA) is 73.7 Å². The normalized spacial score (nSPS) is 14.1. The van der Waals surface area contributed by atoms with Crippen LogP contribution in [-0.4, -0.2) is 30.1 Å². The summed E-state index contributed by atoms with van der Waals surface area (Å²) in [7, 11) is 0. The summed E-state index contributed by atoms with van der Waals surface area (Å²) in [5, 5.41) is 15.3. The molecule has 17 heavy (non-hydrogen) atoms. The van der Waals surface area contributed by atoms with Crippen LogP contribution in [0.5, 0.6) is 0 Å². The minimum Gasteiger partial charge on any atom is -0.478 e. The first kappa shape index (κ1) is 11.4. The van der Waals surface area contributed by atoms with Crippen molar-refractivity contribution in [3.05, 3.63) is 28.8 Å². The Morgan fingerprint density at radius 3 is 2.53 bits per heavy atom. The highest BCUT2D eigenvalue weighted by molar-refractivity contribution is 5.97. The van der Waals surface area contributed by atoms with Gasteiger partial charge in [-0.1, -0.05) is 0 Å². The molecular formula is C12H15N3O2. The lowest BCUT2D eigenvalue weighted by Gasteiger charge is -2.13. The van der Waals surface area contributed by atoms with Gasteiger partial charge in [0.15, 0.2) is 5.96 Å². The summed E-state index contributed by atoms with van der Waals surface area (Å²) in [6.07, 6.45) is 0. The molecule has 1 heterocycles. The van der Waals surface area contributed by atoms with Crippen LogP contribution >= 0.6 is 0 Å². The van der Waals surface area contributed by atoms with E-state index in [9.17, 15) is 4.79 Å². The van der Waals surface area contributed by atoms with Crippen LogP contribution in [0.3, 0.4) is 0 Å². The minimum atomic E-state index is -0.904. The monoisotopic (exact) mass is 233 g/mol. The Morgan fingerprint density at radius 2 is 2.06 bits per heavy atom. The van der Waals surface area contributed by atoms with E-state index in [0.29, 0.717) is 5.56 Å². The summed E-state index contributed by atoms with van der Waals surface area (Å²) < 4.78 is 0. The van der Waals surface area contributed by atoms with Gasteiger partial charge in [0, 0.05) is 12.2 Å². The van der Waals surface area contributed by atoms with E-state index in [0.717, 1.165) is 35.9 Å². The predicted octanol–water partition coefficient (Wildman–Crippen LogP) is 1.37. The number of carboxylic acids is 1. The Bertz CT molecular complexity index is 472. The number of aryl methyl sites for hydroxylation is 2. The first-order valence-electron chi connectivity index (χ1n) is 5.48. The Balaban J connectivity index is 2.31. The van der Waals surface area contributed by atoms with Crippen molar-refractivity contribution in [2.45, 2.75) is 13.8 Å². The van der Waals surface area contributed by atoms with Crippen molar-refractivity contribution < 1.29 is 9.90 Å². The Labute approximate surface area is 99.6 Å². The molecule has 1 aromatic rings. The number of anilines is 1. The van der Waals surface area contributed by atoms with Gasteiger partial charge in [-0.2, -0.15) is 0 Å². The molecule has 5 nitrogen and oxygen atoms in total. The average molecular weight is 233 g/mol. The molecular weight excluding hydrogens is 218 g/mol. The van der Waals surface area contributed by atoms with E-state index in [4.69, 9.17) is 5.11 Å². The van der Waals surface area contributed by atoms with Crippen molar-refractivity contribution in [3.63, 3.8) is 0 Å². The van der Waals surface area contributed by atoms with Gasteiger partial charge in [0.05, 0.1) is 12.1 Å². The summed E-state index contributed by atoms with van der Waals surface area (Å²) in [6, 6.07) is 3.32. The molecule has 90 valence electrons. The van der Waals surface area contributed by atoms with E-state index in [1.165, 1.54) is 0 Å². The number of nitrogens with zero attached hydrogens (tertiary/aromatic N) is 1. The highest BCUT2D eigenvalue weighted by atomic mass is 16.4. The van der Waals surface area contributed by atoms with E-state index in [1.807, 2.05) is 13.8 Å². The summed E-state index contributed by atoms with van der Waals surface area (Å²) in [5.74, 6) is -0.154. The van der Waals surface area contributed by atoms with Gasteiger partial charge in [-0.25, -0.2) is 4.79 Å². The fourth-order valence-corrected chi connectivity index (χ4v) is 1.88. The van der Waals surface area contributed by atoms with Gasteiger partial charge in [0.1, 0.15) is 0 Å². The largest absolute Gasteiger partial charge is 0.478 e. The molecule has 5 heteroatoms. The summed E-state index contributed by atoms with van der Waals surface area (Å²) >= 11 is 0. The first-order valence-corrected chi connectivity index (χ1v) is 5.48. The number of hydrogen-bond acceptors (Lipinski definition) is 4. The molecule has 0 saturated carbocycles. The van der Waals surface area contributed by atoms with Crippen LogP contribution < -0.4 is 10.6 Å². The number of guanidine groups is 1. The van der Waals surface area contributed by atoms with Crippen LogP contribution in [0.25, 0.3) is 0 Å². The van der Waals surface area contributed by atoms with Crippen LogP contribution in [0.1, 0.15) is 21.5 Å². The molecule has 0 bridgehead atoms. The standard InChI is InChI=1S/C12H15N3O2/c1-7-5-9(11(16)17)6-8(2)10(7)15-12-13-3-4-14-12/h5-6H,3-4H2,1-2H3,(H,16,17)(H2,13,14,15). The molecule has 0 aliphatic carbocycles. The van der Waals surface area contributed by atoms with E-state index >= 15 is 0 Å². The van der Waals surface area contributed by atoms with Gasteiger partial charge in [0.2, 0.25) is 0 Å². The number of aliphatic imine (C=N–C) groups is 1. The fourth-order valence-electron chi connectivity index (χ4n) is 1.88. The highest BCUT2D eigenvalue weighted by Crippen LogP contribution is 2.22. The molecule has 0 spiro atoms. The van der Waals surface area contributed by atoms with Crippen molar-refractivity contribution in [1.82, 2.24) is 5.32 Å². The first-order chi connectivity index (χ1) is 8.08. The molecule has 1 aliphatic rings. The van der Waals surface area contributed by atoms with Crippen LogP contribution in [0, 0.1) is 13.8 Å². The molecule has 0 aromatic heterocycles. The van der Waals surface area contributed by atoms with Crippen molar-refractivity contribution in [1.29, 1.82) is 0 Å². The number of rotatable bonds is 2. The Hall–Kier alpha value is -2.04. The zero-order valence-electron chi connectivity index (χ0n) is 9.87. The van der Waals surface area contributed by atoms with Crippen LogP contribution in [0.2, 0.25) is 0 Å². The molecule has 0 amide bonds. The fraction of sp³-hybridized carbons (Fsp3) is 0.333. The second-order valence-corrected chi connectivity index (χ2v) is 4.07. The van der Waals surface area contributed by atoms with Crippen molar-refractivity contribution in [3.8, 4) is 0 Å². The number of benzene rings is 1. The third kappa shape index (κ3) is 2.38. The van der Waals surface area contributed by atoms with Gasteiger partial charge in [-0.15, -0.1) is 0 Å². The second-order valence-electron chi connectivity index (χ2n) is 4.07. The number of nitrogens with one attached hydrogen (secondary N) is 2. The summed E-state index contributed by atoms with van der Waals surface area (Å²) in [5.41, 5.74) is 3.03. The molecule has 0 fully saturated rings. The highest BCUT2D eigenvalue weighted by Gasteiger charge is 2.12. The smallest absolute Gasteiger partial charge is 0.335 e. The number of carboxylic acid groups (broad SMARTS) is 1. The average Bonchev–Trinajstić information content (AvgIpc) is 2.75. The van der Waals surface area contributed by atoms with Gasteiger partial charge < -0.3 is 15.7 Å². The van der Waals surface area contributed by atoms with Crippen molar-refractivity contribution in [2.24, 2.45) is 4.99 Å². The molecule has 1 aromatic carbocycles. The van der Waals surface area contributed by atoms with Gasteiger partial charge >= 0.3 is 5.97 Å². The maximum atomic E-state index is 10.9. The van der Waals surface area contributed by atoms with Crippen LogP contribution in [0.15, 0.2) is 17.1 Å². The quantitative estimate of drug-likeness (QED) is 0.721. The predicted molar refractivity (Wildman–Crippen MR) is 66.8 cm³/mol. The molecule has 2 rings (SSSR count). The van der Waals surface area contributed by atoms with Crippen molar-refractivity contribution in [2.75, 3.05) is 18.4 Å². The molecule has 3 N–H and O–H groups in total. The zero-order chi connectivity index (χ0) is 12.4. The van der Waals surface area contributed by atoms with Gasteiger partial charge in [-0.05, 0) is 37.1 Å². The summed E-state index contributed by atoms with van der Waals surface area (Å²) in [6.45, 7) is 5.38. The molecule has 0 atom stereocenters. The number of carbonyl (C=O) groups is 1. The van der Waals surface area contributed by atoms with E-state index in [1.54, 1.807) is 12.1 Å². The third-order valence-electron chi connectivity index (χ3n) is 2.70. The third-order valence-corrected chi connectivity index (χ3v) is 2.70. The van der Waals surface area contributed by atoms with Crippen LogP contribution in [0.4, 0.5) is 5.69 Å². The number of hydrogen-bond donors (Lipinski definition) is 3. The van der Waals surface area contributed by atoms with Gasteiger partial charge in [-0.3, -0.25) is 4.99 Å². The lowest BCUT2D eigenvalue weighted by atomic mass is 10.0. The van der Waals surface area contributed by atoms with Crippen molar-refractivity contribution >= 4 is 17.6 Å². The lowest BCUT2D eigenvalue weighted by molar-refractivity contribution is 0.0696. The van der Waals surface area contributed by atoms with Crippen LogP contribution in [-0.2, 0) is 0 Å². The van der Waals surface area contributed by atoms with E-state index in [-0.39, 0.29) is 0 Å². The van der Waals surface area contributed by atoms with E-state index in [2.05, 4.69) is 15.6 Å².